The van der Waals surface area contributed by atoms with Gasteiger partial charge in [-0.2, -0.15) is 10.3 Å². The SMILES string of the molecule is COc1ccc(Cl)cc1N1C(=NC(=O)CC#N)SC2CS(=O)(=O)CC21. The van der Waals surface area contributed by atoms with Crippen LogP contribution >= 0.6 is 23.4 Å². The Labute approximate surface area is 154 Å². The third kappa shape index (κ3) is 3.61. The molecule has 2 heterocycles. The van der Waals surface area contributed by atoms with Crippen LogP contribution in [-0.2, 0) is 14.6 Å². The van der Waals surface area contributed by atoms with Crippen molar-refractivity contribution in [3.8, 4) is 11.8 Å². The van der Waals surface area contributed by atoms with Crippen LogP contribution in [0.15, 0.2) is 23.2 Å². The van der Waals surface area contributed by atoms with E-state index in [9.17, 15) is 13.2 Å². The number of ether oxygens (including phenoxy) is 1. The molecule has 1 amide bonds. The number of carbonyl (C=O) groups is 1. The lowest BCUT2D eigenvalue weighted by Gasteiger charge is -2.26. The van der Waals surface area contributed by atoms with Crippen molar-refractivity contribution in [3.63, 3.8) is 0 Å². The molecule has 2 atom stereocenters. The fourth-order valence-corrected chi connectivity index (χ4v) is 7.00. The van der Waals surface area contributed by atoms with Crippen molar-refractivity contribution in [3.05, 3.63) is 23.2 Å². The molecule has 0 spiro atoms. The highest BCUT2D eigenvalue weighted by Crippen LogP contribution is 2.44. The van der Waals surface area contributed by atoms with Gasteiger partial charge >= 0.3 is 0 Å². The minimum Gasteiger partial charge on any atom is -0.495 e. The number of sulfone groups is 1. The van der Waals surface area contributed by atoms with Crippen LogP contribution in [0.2, 0.25) is 5.02 Å². The smallest absolute Gasteiger partial charge is 0.262 e. The number of fused-ring (bicyclic) bond motifs is 1. The van der Waals surface area contributed by atoms with Crippen molar-refractivity contribution in [2.45, 2.75) is 17.7 Å². The Morgan fingerprint density at radius 2 is 2.28 bits per heavy atom. The Bertz CT molecular complexity index is 895. The van der Waals surface area contributed by atoms with Gasteiger partial charge in [-0.15, -0.1) is 0 Å². The number of amidine groups is 1. The number of benzene rings is 1. The summed E-state index contributed by atoms with van der Waals surface area (Å²) in [7, 11) is -1.67. The van der Waals surface area contributed by atoms with Gasteiger partial charge in [-0.1, -0.05) is 23.4 Å². The van der Waals surface area contributed by atoms with Crippen molar-refractivity contribution in [2.75, 3.05) is 23.5 Å². The predicted octanol–water partition coefficient (Wildman–Crippen LogP) is 1.86. The van der Waals surface area contributed by atoms with Gasteiger partial charge in [0.05, 0.1) is 36.4 Å². The molecular formula is C15H14ClN3O4S2. The van der Waals surface area contributed by atoms with Crippen LogP contribution in [0.4, 0.5) is 5.69 Å². The van der Waals surface area contributed by atoms with Gasteiger partial charge in [0.15, 0.2) is 15.0 Å². The minimum absolute atomic E-state index is 0.0210. The Morgan fingerprint density at radius 3 is 2.96 bits per heavy atom. The molecule has 7 nitrogen and oxygen atoms in total. The van der Waals surface area contributed by atoms with Gasteiger partial charge < -0.3 is 9.64 Å². The van der Waals surface area contributed by atoms with E-state index in [4.69, 9.17) is 21.6 Å². The summed E-state index contributed by atoms with van der Waals surface area (Å²) in [5, 5.41) is 9.25. The van der Waals surface area contributed by atoms with E-state index in [2.05, 4.69) is 4.99 Å². The van der Waals surface area contributed by atoms with E-state index in [1.165, 1.54) is 18.9 Å². The molecule has 0 radical (unpaired) electrons. The first kappa shape index (κ1) is 18.0. The molecule has 0 N–H and O–H groups in total. The highest BCUT2D eigenvalue weighted by molar-refractivity contribution is 8.16. The lowest BCUT2D eigenvalue weighted by molar-refractivity contribution is -0.116. The first-order valence-electron chi connectivity index (χ1n) is 7.33. The van der Waals surface area contributed by atoms with Crippen LogP contribution in [0.5, 0.6) is 5.75 Å². The highest BCUT2D eigenvalue weighted by Gasteiger charge is 2.50. The topological polar surface area (TPSA) is 99.8 Å². The molecule has 0 aromatic heterocycles. The quantitative estimate of drug-likeness (QED) is 0.764. The van der Waals surface area contributed by atoms with E-state index in [1.54, 1.807) is 29.2 Å². The Kier molecular flexibility index (Phi) is 4.95. The summed E-state index contributed by atoms with van der Waals surface area (Å²) < 4.78 is 29.4. The van der Waals surface area contributed by atoms with Crippen LogP contribution in [-0.4, -0.2) is 49.4 Å². The monoisotopic (exact) mass is 399 g/mol. The summed E-state index contributed by atoms with van der Waals surface area (Å²) in [6.07, 6.45) is -0.335. The predicted molar refractivity (Wildman–Crippen MR) is 97.0 cm³/mol. The van der Waals surface area contributed by atoms with Crippen LogP contribution in [0.3, 0.4) is 0 Å². The molecule has 0 bridgehead atoms. The number of amides is 1. The summed E-state index contributed by atoms with van der Waals surface area (Å²) in [6.45, 7) is 0. The number of nitrogens with zero attached hydrogens (tertiary/aromatic N) is 3. The van der Waals surface area contributed by atoms with Gasteiger partial charge in [0.25, 0.3) is 5.91 Å². The summed E-state index contributed by atoms with van der Waals surface area (Å²) in [4.78, 5) is 17.5. The van der Waals surface area contributed by atoms with Crippen molar-refractivity contribution >= 4 is 50.0 Å². The molecule has 2 aliphatic rings. The number of thioether (sulfide) groups is 1. The summed E-state index contributed by atoms with van der Waals surface area (Å²) in [5.74, 6) is -0.0897. The van der Waals surface area contributed by atoms with E-state index < -0.39 is 15.7 Å². The fraction of sp³-hybridized carbons (Fsp3) is 0.400. The molecule has 2 saturated heterocycles. The molecule has 3 rings (SSSR count). The van der Waals surface area contributed by atoms with Gasteiger partial charge in [0, 0.05) is 10.3 Å². The molecule has 2 aliphatic heterocycles. The fourth-order valence-electron chi connectivity index (χ4n) is 2.91. The number of hydrogen-bond acceptors (Lipinski definition) is 6. The summed E-state index contributed by atoms with van der Waals surface area (Å²) >= 11 is 7.33. The third-order valence-electron chi connectivity index (χ3n) is 3.92. The Hall–Kier alpha value is -1.76. The minimum atomic E-state index is -3.17. The molecule has 1 aromatic carbocycles. The van der Waals surface area contributed by atoms with E-state index in [-0.39, 0.29) is 29.2 Å². The average molecular weight is 400 g/mol. The van der Waals surface area contributed by atoms with Crippen LogP contribution < -0.4 is 9.64 Å². The van der Waals surface area contributed by atoms with Gasteiger partial charge in [0.2, 0.25) is 0 Å². The summed E-state index contributed by atoms with van der Waals surface area (Å²) in [5.41, 5.74) is 0.551. The lowest BCUT2D eigenvalue weighted by Crippen LogP contribution is -2.38. The zero-order chi connectivity index (χ0) is 18.2. The van der Waals surface area contributed by atoms with Crippen molar-refractivity contribution < 1.29 is 17.9 Å². The van der Waals surface area contributed by atoms with Crippen molar-refractivity contribution in [1.82, 2.24) is 0 Å². The maximum atomic E-state index is 12.0. The largest absolute Gasteiger partial charge is 0.495 e. The number of hydrogen-bond donors (Lipinski definition) is 0. The third-order valence-corrected chi connectivity index (χ3v) is 7.36. The second-order valence-electron chi connectivity index (χ2n) is 5.61. The summed E-state index contributed by atoms with van der Waals surface area (Å²) in [6, 6.07) is 6.39. The number of nitriles is 1. The van der Waals surface area contributed by atoms with E-state index >= 15 is 0 Å². The van der Waals surface area contributed by atoms with Crippen LogP contribution in [0, 0.1) is 11.3 Å². The van der Waals surface area contributed by atoms with Crippen molar-refractivity contribution in [1.29, 1.82) is 5.26 Å². The van der Waals surface area contributed by atoms with E-state index in [0.29, 0.717) is 21.6 Å². The molecule has 1 aromatic rings. The van der Waals surface area contributed by atoms with Gasteiger partial charge in [-0.25, -0.2) is 8.42 Å². The molecule has 10 heteroatoms. The van der Waals surface area contributed by atoms with Crippen molar-refractivity contribution in [2.24, 2.45) is 4.99 Å². The Morgan fingerprint density at radius 1 is 1.52 bits per heavy atom. The first-order chi connectivity index (χ1) is 11.8. The number of methoxy groups -OCH3 is 1. The highest BCUT2D eigenvalue weighted by atomic mass is 35.5. The first-order valence-corrected chi connectivity index (χ1v) is 10.4. The maximum absolute atomic E-state index is 12.0. The second-order valence-corrected chi connectivity index (χ2v) is 9.41. The number of rotatable bonds is 3. The lowest BCUT2D eigenvalue weighted by atomic mass is 10.2. The van der Waals surface area contributed by atoms with Crippen LogP contribution in [0.1, 0.15) is 6.42 Å². The zero-order valence-corrected chi connectivity index (χ0v) is 15.6. The normalized spacial score (nSPS) is 25.6. The molecule has 2 unspecified atom stereocenters. The van der Waals surface area contributed by atoms with E-state index in [0.717, 1.165) is 0 Å². The number of aliphatic imine (C=N–C) groups is 1. The number of halogens is 1. The zero-order valence-electron chi connectivity index (χ0n) is 13.2. The molecule has 25 heavy (non-hydrogen) atoms. The maximum Gasteiger partial charge on any atom is 0.262 e. The van der Waals surface area contributed by atoms with Crippen LogP contribution in [0.25, 0.3) is 0 Å². The van der Waals surface area contributed by atoms with Gasteiger partial charge in [-0.05, 0) is 18.2 Å². The number of carbonyl (C=O) groups excluding carboxylic acids is 1. The number of anilines is 1. The molecule has 132 valence electrons. The second kappa shape index (κ2) is 6.86. The molecule has 0 aliphatic carbocycles. The molecule has 2 fully saturated rings. The van der Waals surface area contributed by atoms with Gasteiger partial charge in [-0.3, -0.25) is 4.79 Å². The van der Waals surface area contributed by atoms with E-state index in [1.807, 2.05) is 0 Å². The van der Waals surface area contributed by atoms with Gasteiger partial charge in [0.1, 0.15) is 12.2 Å². The standard InChI is InChI=1S/C15H14ClN3O4S2/c1-23-12-3-2-9(16)6-10(12)19-11-7-25(21,22)8-13(11)24-15(19)18-14(20)4-5-17/h2-3,6,11,13H,4,7-8H2,1H3. The average Bonchev–Trinajstić information content (AvgIpc) is 2.98. The Balaban J connectivity index is 2.09. The molecular weight excluding hydrogens is 386 g/mol. The molecule has 0 saturated carbocycles.